The van der Waals surface area contributed by atoms with Crippen molar-refractivity contribution < 1.29 is 4.79 Å². The summed E-state index contributed by atoms with van der Waals surface area (Å²) in [6, 6.07) is 8.29. The number of nitrogens with zero attached hydrogens (tertiary/aromatic N) is 5. The summed E-state index contributed by atoms with van der Waals surface area (Å²) in [5.41, 5.74) is 2.16. The van der Waals surface area contributed by atoms with Crippen LogP contribution in [0.4, 0.5) is 0 Å². The van der Waals surface area contributed by atoms with E-state index >= 15 is 0 Å². The van der Waals surface area contributed by atoms with Gasteiger partial charge in [-0.2, -0.15) is 0 Å². The molecule has 1 amide bonds. The Balaban J connectivity index is 1.66. The number of piperidine rings is 1. The molecule has 28 heavy (non-hydrogen) atoms. The standard InChI is InChI=1S/C22H29N5O/c1-16(2)13-27-20-9-5-4-8-19(20)24-22(27)21-23-10-12-26(21)15-18-7-6-11-25(14-18)17(3)28/h4-5,8-10,12,16,18H,6-7,11,13-15H2,1-3H3. The van der Waals surface area contributed by atoms with Crippen LogP contribution in [-0.4, -0.2) is 43.0 Å². The Morgan fingerprint density at radius 1 is 1.25 bits per heavy atom. The van der Waals surface area contributed by atoms with Crippen LogP contribution in [0.2, 0.25) is 0 Å². The predicted octanol–water partition coefficient (Wildman–Crippen LogP) is 3.81. The van der Waals surface area contributed by atoms with Gasteiger partial charge in [0.2, 0.25) is 5.91 Å². The number of rotatable bonds is 5. The van der Waals surface area contributed by atoms with E-state index in [1.54, 1.807) is 6.92 Å². The number of hydrogen-bond acceptors (Lipinski definition) is 3. The lowest BCUT2D eigenvalue weighted by Crippen LogP contribution is -2.39. The molecule has 0 spiro atoms. The lowest BCUT2D eigenvalue weighted by Gasteiger charge is -2.32. The van der Waals surface area contributed by atoms with Gasteiger partial charge in [0.1, 0.15) is 0 Å². The van der Waals surface area contributed by atoms with Crippen molar-refractivity contribution in [1.29, 1.82) is 0 Å². The van der Waals surface area contributed by atoms with Gasteiger partial charge in [-0.05, 0) is 36.8 Å². The van der Waals surface area contributed by atoms with Crippen molar-refractivity contribution in [1.82, 2.24) is 24.0 Å². The van der Waals surface area contributed by atoms with Gasteiger partial charge >= 0.3 is 0 Å². The van der Waals surface area contributed by atoms with Gasteiger partial charge in [-0.25, -0.2) is 9.97 Å². The van der Waals surface area contributed by atoms with Gasteiger partial charge < -0.3 is 14.0 Å². The highest BCUT2D eigenvalue weighted by molar-refractivity contribution is 5.79. The molecular weight excluding hydrogens is 350 g/mol. The molecule has 1 aliphatic rings. The normalized spacial score (nSPS) is 17.6. The van der Waals surface area contributed by atoms with Gasteiger partial charge in [0.05, 0.1) is 11.0 Å². The van der Waals surface area contributed by atoms with Gasteiger partial charge in [-0.1, -0.05) is 26.0 Å². The SMILES string of the molecule is CC(=O)N1CCCC(Cn2ccnc2-c2nc3ccccc3n2CC(C)C)C1. The Hall–Kier alpha value is -2.63. The van der Waals surface area contributed by atoms with Gasteiger partial charge in [-0.3, -0.25) is 4.79 Å². The number of carbonyl (C=O) groups excluding carboxylic acids is 1. The van der Waals surface area contributed by atoms with Crippen molar-refractivity contribution in [2.75, 3.05) is 13.1 Å². The first kappa shape index (κ1) is 18.7. The summed E-state index contributed by atoms with van der Waals surface area (Å²) < 4.78 is 4.51. The summed E-state index contributed by atoms with van der Waals surface area (Å²) in [6.45, 7) is 9.60. The number of likely N-dealkylation sites (tertiary alicyclic amines) is 1. The molecule has 1 fully saturated rings. The average Bonchev–Trinajstić information content (AvgIpc) is 3.26. The number of imidazole rings is 2. The van der Waals surface area contributed by atoms with E-state index in [4.69, 9.17) is 4.98 Å². The molecule has 0 bridgehead atoms. The predicted molar refractivity (Wildman–Crippen MR) is 111 cm³/mol. The second kappa shape index (κ2) is 7.78. The van der Waals surface area contributed by atoms with Gasteiger partial charge in [-0.15, -0.1) is 0 Å². The largest absolute Gasteiger partial charge is 0.343 e. The maximum absolute atomic E-state index is 11.8. The summed E-state index contributed by atoms with van der Waals surface area (Å²) in [4.78, 5) is 23.3. The summed E-state index contributed by atoms with van der Waals surface area (Å²) in [6.07, 6.45) is 6.12. The molecule has 1 aromatic carbocycles. The highest BCUT2D eigenvalue weighted by Crippen LogP contribution is 2.27. The van der Waals surface area contributed by atoms with Crippen molar-refractivity contribution in [2.45, 2.75) is 46.7 Å². The number of carbonyl (C=O) groups is 1. The highest BCUT2D eigenvalue weighted by atomic mass is 16.2. The Morgan fingerprint density at radius 2 is 2.07 bits per heavy atom. The van der Waals surface area contributed by atoms with Crippen LogP contribution in [0.3, 0.4) is 0 Å². The minimum Gasteiger partial charge on any atom is -0.343 e. The Labute approximate surface area is 166 Å². The van der Waals surface area contributed by atoms with E-state index in [1.807, 2.05) is 23.4 Å². The average molecular weight is 380 g/mol. The lowest BCUT2D eigenvalue weighted by molar-refractivity contribution is -0.130. The molecule has 0 saturated carbocycles. The molecule has 1 saturated heterocycles. The molecular formula is C22H29N5O. The van der Waals surface area contributed by atoms with Gasteiger partial charge in [0.25, 0.3) is 0 Å². The number of amides is 1. The maximum atomic E-state index is 11.8. The van der Waals surface area contributed by atoms with Crippen molar-refractivity contribution in [2.24, 2.45) is 11.8 Å². The van der Waals surface area contributed by atoms with E-state index in [1.165, 1.54) is 0 Å². The fraction of sp³-hybridized carbons (Fsp3) is 0.500. The third kappa shape index (κ3) is 3.68. The summed E-state index contributed by atoms with van der Waals surface area (Å²) in [5.74, 6) is 2.99. The van der Waals surface area contributed by atoms with E-state index in [0.29, 0.717) is 11.8 Å². The van der Waals surface area contributed by atoms with Crippen LogP contribution in [-0.2, 0) is 17.9 Å². The minimum atomic E-state index is 0.175. The Morgan fingerprint density at radius 3 is 2.86 bits per heavy atom. The molecule has 1 unspecified atom stereocenters. The van der Waals surface area contributed by atoms with Crippen LogP contribution < -0.4 is 0 Å². The van der Waals surface area contributed by atoms with Crippen molar-refractivity contribution in [3.63, 3.8) is 0 Å². The number of para-hydroxylation sites is 2. The van der Waals surface area contributed by atoms with Crippen LogP contribution >= 0.6 is 0 Å². The van der Waals surface area contributed by atoms with E-state index in [9.17, 15) is 4.79 Å². The summed E-state index contributed by atoms with van der Waals surface area (Å²) in [5, 5.41) is 0. The first-order chi connectivity index (χ1) is 13.5. The molecule has 4 rings (SSSR count). The van der Waals surface area contributed by atoms with Gasteiger partial charge in [0, 0.05) is 45.5 Å². The van der Waals surface area contributed by atoms with Crippen LogP contribution in [0.15, 0.2) is 36.7 Å². The molecule has 6 nitrogen and oxygen atoms in total. The quantitative estimate of drug-likeness (QED) is 0.677. The third-order valence-electron chi connectivity index (χ3n) is 5.54. The molecule has 3 aromatic rings. The molecule has 148 valence electrons. The topological polar surface area (TPSA) is 56.0 Å². The van der Waals surface area contributed by atoms with E-state index in [2.05, 4.69) is 46.2 Å². The van der Waals surface area contributed by atoms with E-state index in [0.717, 1.165) is 61.7 Å². The molecule has 1 atom stereocenters. The molecule has 1 aliphatic heterocycles. The summed E-state index contributed by atoms with van der Waals surface area (Å²) in [7, 11) is 0. The number of hydrogen-bond donors (Lipinski definition) is 0. The van der Waals surface area contributed by atoms with E-state index in [-0.39, 0.29) is 5.91 Å². The minimum absolute atomic E-state index is 0.175. The van der Waals surface area contributed by atoms with Crippen molar-refractivity contribution in [3.05, 3.63) is 36.7 Å². The van der Waals surface area contributed by atoms with E-state index < -0.39 is 0 Å². The maximum Gasteiger partial charge on any atom is 0.219 e. The molecule has 0 aliphatic carbocycles. The zero-order valence-electron chi connectivity index (χ0n) is 17.0. The van der Waals surface area contributed by atoms with Crippen molar-refractivity contribution >= 4 is 16.9 Å². The van der Waals surface area contributed by atoms with Crippen molar-refractivity contribution in [3.8, 4) is 11.6 Å². The molecule has 0 N–H and O–H groups in total. The lowest BCUT2D eigenvalue weighted by atomic mass is 9.98. The Bertz CT molecular complexity index is 970. The first-order valence-electron chi connectivity index (χ1n) is 10.2. The zero-order valence-corrected chi connectivity index (χ0v) is 17.0. The zero-order chi connectivity index (χ0) is 19.7. The number of fused-ring (bicyclic) bond motifs is 1. The fourth-order valence-electron chi connectivity index (χ4n) is 4.24. The van der Waals surface area contributed by atoms with Crippen LogP contribution in [0, 0.1) is 11.8 Å². The fourth-order valence-corrected chi connectivity index (χ4v) is 4.24. The van der Waals surface area contributed by atoms with Crippen LogP contribution in [0.5, 0.6) is 0 Å². The Kier molecular flexibility index (Phi) is 5.20. The highest BCUT2D eigenvalue weighted by Gasteiger charge is 2.24. The second-order valence-electron chi connectivity index (χ2n) is 8.31. The molecule has 2 aromatic heterocycles. The molecule has 3 heterocycles. The second-order valence-corrected chi connectivity index (χ2v) is 8.31. The van der Waals surface area contributed by atoms with Gasteiger partial charge in [0.15, 0.2) is 11.6 Å². The smallest absolute Gasteiger partial charge is 0.219 e. The summed E-state index contributed by atoms with van der Waals surface area (Å²) >= 11 is 0. The number of benzene rings is 1. The molecule has 6 heteroatoms. The number of aromatic nitrogens is 4. The first-order valence-corrected chi connectivity index (χ1v) is 10.2. The third-order valence-corrected chi connectivity index (χ3v) is 5.54. The monoisotopic (exact) mass is 379 g/mol. The van der Waals surface area contributed by atoms with Crippen LogP contribution in [0.25, 0.3) is 22.7 Å². The van der Waals surface area contributed by atoms with Crippen LogP contribution in [0.1, 0.15) is 33.6 Å². The molecule has 0 radical (unpaired) electrons.